The van der Waals surface area contributed by atoms with E-state index in [4.69, 9.17) is 9.47 Å². The second kappa shape index (κ2) is 10.5. The lowest BCUT2D eigenvalue weighted by molar-refractivity contribution is 0.0955. The number of piperidine rings is 1. The molecule has 1 fully saturated rings. The Kier molecular flexibility index (Phi) is 6.96. The molecule has 2 aliphatic rings. The van der Waals surface area contributed by atoms with Gasteiger partial charge in [-0.05, 0) is 72.4 Å². The number of benzene rings is 3. The summed E-state index contributed by atoms with van der Waals surface area (Å²) < 4.78 is 11.5. The van der Waals surface area contributed by atoms with E-state index in [1.807, 2.05) is 37.3 Å². The molecule has 5 rings (SSSR count). The zero-order chi connectivity index (χ0) is 25.1. The second-order valence-electron chi connectivity index (χ2n) is 9.28. The minimum absolute atomic E-state index is 0.0842. The lowest BCUT2D eigenvalue weighted by Crippen LogP contribution is -2.30. The first-order valence-corrected chi connectivity index (χ1v) is 12.5. The largest absolute Gasteiger partial charge is 0.504 e. The number of amides is 1. The number of nitrogens with zero attached hydrogens (tertiary/aromatic N) is 1. The van der Waals surface area contributed by atoms with Crippen molar-refractivity contribution in [1.29, 1.82) is 0 Å². The number of carbonyl (C=O) groups is 1. The van der Waals surface area contributed by atoms with Gasteiger partial charge in [-0.1, -0.05) is 35.9 Å². The molecule has 0 aromatic heterocycles. The van der Waals surface area contributed by atoms with E-state index < -0.39 is 0 Å². The highest BCUT2D eigenvalue weighted by Gasteiger charge is 2.25. The molecule has 2 heterocycles. The average molecular weight is 485 g/mol. The van der Waals surface area contributed by atoms with E-state index >= 15 is 0 Å². The molecular formula is C30H32N2O4. The number of hydrogen-bond donors (Lipinski definition) is 2. The molecule has 36 heavy (non-hydrogen) atoms. The molecule has 1 amide bonds. The van der Waals surface area contributed by atoms with Crippen molar-refractivity contribution >= 4 is 11.5 Å². The van der Waals surface area contributed by atoms with Crippen molar-refractivity contribution in [3.63, 3.8) is 0 Å². The van der Waals surface area contributed by atoms with E-state index in [2.05, 4.69) is 34.5 Å². The molecule has 0 radical (unpaired) electrons. The SMILES string of the molecule is CCNC(=O)c1ccc2c(c1)OCc1ccccc1C2=C1CCN(Cc2ccc(O)c(OC)c2)CC1. The van der Waals surface area contributed by atoms with Gasteiger partial charge >= 0.3 is 0 Å². The zero-order valence-corrected chi connectivity index (χ0v) is 20.8. The highest BCUT2D eigenvalue weighted by atomic mass is 16.5. The Morgan fingerprint density at radius 2 is 1.86 bits per heavy atom. The van der Waals surface area contributed by atoms with Gasteiger partial charge in [-0.2, -0.15) is 0 Å². The van der Waals surface area contributed by atoms with Gasteiger partial charge in [-0.3, -0.25) is 9.69 Å². The van der Waals surface area contributed by atoms with Crippen LogP contribution >= 0.6 is 0 Å². The first-order valence-electron chi connectivity index (χ1n) is 12.5. The summed E-state index contributed by atoms with van der Waals surface area (Å²) in [6.07, 6.45) is 1.91. The van der Waals surface area contributed by atoms with Gasteiger partial charge in [0.05, 0.1) is 7.11 Å². The molecule has 0 spiro atoms. The van der Waals surface area contributed by atoms with Crippen molar-refractivity contribution in [2.24, 2.45) is 0 Å². The number of aromatic hydroxyl groups is 1. The maximum Gasteiger partial charge on any atom is 0.251 e. The molecule has 6 nitrogen and oxygen atoms in total. The molecule has 0 unspecified atom stereocenters. The summed E-state index contributed by atoms with van der Waals surface area (Å²) in [5.74, 6) is 1.34. The Morgan fingerprint density at radius 3 is 2.64 bits per heavy atom. The Morgan fingerprint density at radius 1 is 1.06 bits per heavy atom. The number of hydrogen-bond acceptors (Lipinski definition) is 5. The van der Waals surface area contributed by atoms with Crippen LogP contribution in [0, 0.1) is 0 Å². The minimum atomic E-state index is -0.0842. The van der Waals surface area contributed by atoms with Crippen LogP contribution in [0.2, 0.25) is 0 Å². The minimum Gasteiger partial charge on any atom is -0.504 e. The van der Waals surface area contributed by atoms with Crippen LogP contribution in [0.25, 0.3) is 5.57 Å². The van der Waals surface area contributed by atoms with Crippen molar-refractivity contribution in [3.8, 4) is 17.2 Å². The number of likely N-dealkylation sites (tertiary alicyclic amines) is 1. The average Bonchev–Trinajstić information content (AvgIpc) is 3.07. The van der Waals surface area contributed by atoms with Crippen LogP contribution in [0.1, 0.15) is 52.4 Å². The summed E-state index contributed by atoms with van der Waals surface area (Å²) in [4.78, 5) is 14.9. The van der Waals surface area contributed by atoms with Crippen LogP contribution in [0.3, 0.4) is 0 Å². The van der Waals surface area contributed by atoms with Gasteiger partial charge in [0.25, 0.3) is 5.91 Å². The molecule has 2 aliphatic heterocycles. The Balaban J connectivity index is 1.44. The maximum absolute atomic E-state index is 12.5. The fourth-order valence-electron chi connectivity index (χ4n) is 5.13. The predicted molar refractivity (Wildman–Crippen MR) is 140 cm³/mol. The third kappa shape index (κ3) is 4.82. The summed E-state index contributed by atoms with van der Waals surface area (Å²) >= 11 is 0. The number of phenolic OH excluding ortho intramolecular Hbond substituents is 1. The first-order chi connectivity index (χ1) is 17.6. The van der Waals surface area contributed by atoms with E-state index in [0.29, 0.717) is 24.5 Å². The van der Waals surface area contributed by atoms with Gasteiger partial charge in [-0.15, -0.1) is 0 Å². The quantitative estimate of drug-likeness (QED) is 0.525. The fourth-order valence-corrected chi connectivity index (χ4v) is 5.13. The molecule has 186 valence electrons. The van der Waals surface area contributed by atoms with Crippen molar-refractivity contribution in [1.82, 2.24) is 10.2 Å². The van der Waals surface area contributed by atoms with Crippen LogP contribution in [-0.4, -0.2) is 42.7 Å². The van der Waals surface area contributed by atoms with Gasteiger partial charge in [0, 0.05) is 37.3 Å². The Hall–Kier alpha value is -3.77. The van der Waals surface area contributed by atoms with E-state index in [1.54, 1.807) is 13.2 Å². The predicted octanol–water partition coefficient (Wildman–Crippen LogP) is 5.14. The zero-order valence-electron chi connectivity index (χ0n) is 20.8. The number of nitrogens with one attached hydrogen (secondary N) is 1. The van der Waals surface area contributed by atoms with Crippen LogP contribution in [-0.2, 0) is 13.2 Å². The van der Waals surface area contributed by atoms with E-state index in [9.17, 15) is 9.90 Å². The number of carbonyl (C=O) groups excluding carboxylic acids is 1. The van der Waals surface area contributed by atoms with Gasteiger partial charge < -0.3 is 19.9 Å². The summed E-state index contributed by atoms with van der Waals surface area (Å²) in [7, 11) is 1.57. The monoisotopic (exact) mass is 484 g/mol. The molecule has 0 aliphatic carbocycles. The lowest BCUT2D eigenvalue weighted by atomic mass is 9.86. The van der Waals surface area contributed by atoms with Crippen LogP contribution in [0.5, 0.6) is 17.2 Å². The molecule has 0 bridgehead atoms. The molecule has 2 N–H and O–H groups in total. The molecular weight excluding hydrogens is 452 g/mol. The van der Waals surface area contributed by atoms with Crippen LogP contribution < -0.4 is 14.8 Å². The summed E-state index contributed by atoms with van der Waals surface area (Å²) in [6, 6.07) is 19.8. The Labute approximate surface area is 212 Å². The molecule has 0 saturated carbocycles. The summed E-state index contributed by atoms with van der Waals surface area (Å²) in [6.45, 7) is 5.68. The summed E-state index contributed by atoms with van der Waals surface area (Å²) in [5.41, 5.74) is 7.83. The molecule has 3 aromatic rings. The smallest absolute Gasteiger partial charge is 0.251 e. The van der Waals surface area contributed by atoms with E-state index in [1.165, 1.54) is 16.7 Å². The second-order valence-corrected chi connectivity index (χ2v) is 9.28. The van der Waals surface area contributed by atoms with Gasteiger partial charge in [-0.25, -0.2) is 0 Å². The fraction of sp³-hybridized carbons (Fsp3) is 0.300. The molecule has 1 saturated heterocycles. The first kappa shape index (κ1) is 23.9. The van der Waals surface area contributed by atoms with Gasteiger partial charge in [0.1, 0.15) is 12.4 Å². The molecule has 6 heteroatoms. The van der Waals surface area contributed by atoms with Crippen LogP contribution in [0.4, 0.5) is 0 Å². The maximum atomic E-state index is 12.5. The van der Waals surface area contributed by atoms with Crippen molar-refractivity contribution in [2.45, 2.75) is 32.9 Å². The standard InChI is InChI=1S/C30H32N2O4/c1-3-31-30(34)22-9-10-25-27(17-22)36-19-23-6-4-5-7-24(23)29(25)21-12-14-32(15-13-21)18-20-8-11-26(33)28(16-20)35-2/h4-11,16-17,33H,3,12-15,18-19H2,1-2H3,(H,31,34). The number of rotatable bonds is 5. The Bertz CT molecular complexity index is 1300. The van der Waals surface area contributed by atoms with E-state index in [0.717, 1.165) is 54.9 Å². The summed E-state index contributed by atoms with van der Waals surface area (Å²) in [5, 5.41) is 12.8. The highest BCUT2D eigenvalue weighted by molar-refractivity contribution is 5.96. The van der Waals surface area contributed by atoms with Gasteiger partial charge in [0.2, 0.25) is 0 Å². The number of methoxy groups -OCH3 is 1. The third-order valence-electron chi connectivity index (χ3n) is 6.98. The number of ether oxygens (including phenoxy) is 2. The number of fused-ring (bicyclic) bond motifs is 2. The van der Waals surface area contributed by atoms with Crippen LogP contribution in [0.15, 0.2) is 66.2 Å². The lowest BCUT2D eigenvalue weighted by Gasteiger charge is -2.30. The number of phenols is 1. The molecule has 3 aromatic carbocycles. The highest BCUT2D eigenvalue weighted by Crippen LogP contribution is 2.41. The molecule has 0 atom stereocenters. The van der Waals surface area contributed by atoms with E-state index in [-0.39, 0.29) is 11.7 Å². The topological polar surface area (TPSA) is 71.0 Å². The third-order valence-corrected chi connectivity index (χ3v) is 6.98. The van der Waals surface area contributed by atoms with Crippen molar-refractivity contribution in [2.75, 3.05) is 26.7 Å². The van der Waals surface area contributed by atoms with Crippen molar-refractivity contribution in [3.05, 3.63) is 94.1 Å². The van der Waals surface area contributed by atoms with Crippen molar-refractivity contribution < 1.29 is 19.4 Å². The van der Waals surface area contributed by atoms with Gasteiger partial charge in [0.15, 0.2) is 11.5 Å². The normalized spacial score (nSPS) is 15.4.